The molecule has 5 nitrogen and oxygen atoms in total. The standard InChI is InChI=1S/C22H22N2O3/c1-13-11-16(12-25-3)19-20(23)21(27-22(19)24-13)18(15-7-5-4-6-8-15)17-10-9-14(2)26-17/h4-11,18H,12,23H2,1-3H3. The van der Waals surface area contributed by atoms with Crippen molar-refractivity contribution in [2.24, 2.45) is 0 Å². The van der Waals surface area contributed by atoms with Gasteiger partial charge in [0, 0.05) is 12.8 Å². The van der Waals surface area contributed by atoms with E-state index in [2.05, 4.69) is 4.98 Å². The summed E-state index contributed by atoms with van der Waals surface area (Å²) in [6.45, 7) is 4.30. The summed E-state index contributed by atoms with van der Waals surface area (Å²) < 4.78 is 17.5. The summed E-state index contributed by atoms with van der Waals surface area (Å²) in [4.78, 5) is 4.54. The topological polar surface area (TPSA) is 74.4 Å². The lowest BCUT2D eigenvalue weighted by molar-refractivity contribution is 0.186. The van der Waals surface area contributed by atoms with Crippen molar-refractivity contribution in [3.05, 3.63) is 82.6 Å². The van der Waals surface area contributed by atoms with E-state index >= 15 is 0 Å². The Hall–Kier alpha value is -3.05. The molecule has 4 aromatic rings. The van der Waals surface area contributed by atoms with Gasteiger partial charge in [0.1, 0.15) is 23.2 Å². The van der Waals surface area contributed by atoms with E-state index in [4.69, 9.17) is 19.3 Å². The summed E-state index contributed by atoms with van der Waals surface area (Å²) >= 11 is 0. The Bertz CT molecular complexity index is 1080. The maximum Gasteiger partial charge on any atom is 0.229 e. The zero-order valence-corrected chi connectivity index (χ0v) is 15.7. The molecular weight excluding hydrogens is 340 g/mol. The molecule has 0 aliphatic rings. The van der Waals surface area contributed by atoms with Gasteiger partial charge < -0.3 is 19.3 Å². The summed E-state index contributed by atoms with van der Waals surface area (Å²) in [5.74, 6) is 2.02. The number of nitrogen functional groups attached to an aromatic ring is 1. The van der Waals surface area contributed by atoms with Crippen LogP contribution in [0.2, 0.25) is 0 Å². The van der Waals surface area contributed by atoms with Crippen LogP contribution >= 0.6 is 0 Å². The molecule has 0 aliphatic heterocycles. The molecule has 0 saturated carbocycles. The number of ether oxygens (including phenoxy) is 1. The van der Waals surface area contributed by atoms with Crippen molar-refractivity contribution in [3.63, 3.8) is 0 Å². The van der Waals surface area contributed by atoms with Crippen LogP contribution in [0.15, 0.2) is 57.4 Å². The first-order valence-electron chi connectivity index (χ1n) is 8.87. The number of anilines is 1. The van der Waals surface area contributed by atoms with Crippen LogP contribution < -0.4 is 5.73 Å². The van der Waals surface area contributed by atoms with Gasteiger partial charge in [0.2, 0.25) is 5.71 Å². The molecule has 0 amide bonds. The minimum atomic E-state index is -0.246. The molecule has 3 heterocycles. The van der Waals surface area contributed by atoms with Crippen LogP contribution in [0.5, 0.6) is 0 Å². The van der Waals surface area contributed by atoms with Crippen LogP contribution in [-0.2, 0) is 11.3 Å². The fourth-order valence-corrected chi connectivity index (χ4v) is 3.54. The van der Waals surface area contributed by atoms with Crippen LogP contribution in [0.3, 0.4) is 0 Å². The molecule has 0 spiro atoms. The Labute approximate surface area is 157 Å². The number of nitrogens with zero attached hydrogens (tertiary/aromatic N) is 1. The van der Waals surface area contributed by atoms with Gasteiger partial charge in [0.05, 0.1) is 17.7 Å². The number of nitrogens with two attached hydrogens (primary N) is 1. The van der Waals surface area contributed by atoms with Gasteiger partial charge in [-0.05, 0) is 43.2 Å². The van der Waals surface area contributed by atoms with Crippen molar-refractivity contribution >= 4 is 16.8 Å². The van der Waals surface area contributed by atoms with Crippen molar-refractivity contribution in [2.45, 2.75) is 26.4 Å². The summed E-state index contributed by atoms with van der Waals surface area (Å²) in [6.07, 6.45) is 0. The number of benzene rings is 1. The fraction of sp³-hybridized carbons (Fsp3) is 0.227. The molecule has 4 rings (SSSR count). The number of methoxy groups -OCH3 is 1. The third kappa shape index (κ3) is 3.11. The van der Waals surface area contributed by atoms with E-state index in [0.717, 1.165) is 33.7 Å². The van der Waals surface area contributed by atoms with Crippen LogP contribution in [0, 0.1) is 13.8 Å². The summed E-state index contributed by atoms with van der Waals surface area (Å²) in [7, 11) is 1.66. The average Bonchev–Trinajstić information content (AvgIpc) is 3.21. The highest BCUT2D eigenvalue weighted by Gasteiger charge is 2.28. The molecule has 1 aromatic carbocycles. The first kappa shape index (κ1) is 17.4. The number of fused-ring (bicyclic) bond motifs is 1. The van der Waals surface area contributed by atoms with Crippen LogP contribution in [0.25, 0.3) is 11.1 Å². The highest BCUT2D eigenvalue weighted by Crippen LogP contribution is 2.41. The molecule has 27 heavy (non-hydrogen) atoms. The van der Waals surface area contributed by atoms with E-state index in [1.54, 1.807) is 7.11 Å². The van der Waals surface area contributed by atoms with Crippen molar-refractivity contribution in [1.82, 2.24) is 4.98 Å². The number of pyridine rings is 1. The van der Waals surface area contributed by atoms with Gasteiger partial charge in [-0.2, -0.15) is 0 Å². The molecule has 0 radical (unpaired) electrons. The monoisotopic (exact) mass is 362 g/mol. The zero-order chi connectivity index (χ0) is 19.0. The molecule has 0 fully saturated rings. The Morgan fingerprint density at radius 3 is 2.52 bits per heavy atom. The van der Waals surface area contributed by atoms with Crippen molar-refractivity contribution in [1.29, 1.82) is 0 Å². The Kier molecular flexibility index (Phi) is 4.46. The van der Waals surface area contributed by atoms with Gasteiger partial charge in [-0.15, -0.1) is 0 Å². The van der Waals surface area contributed by atoms with Gasteiger partial charge in [-0.3, -0.25) is 0 Å². The van der Waals surface area contributed by atoms with Crippen molar-refractivity contribution in [2.75, 3.05) is 12.8 Å². The second-order valence-electron chi connectivity index (χ2n) is 6.71. The zero-order valence-electron chi connectivity index (χ0n) is 15.7. The SMILES string of the molecule is COCc1cc(C)nc2oc(C(c3ccccc3)c3ccc(C)o3)c(N)c12. The minimum Gasteiger partial charge on any atom is -0.465 e. The molecule has 3 aromatic heterocycles. The molecule has 0 aliphatic carbocycles. The molecule has 0 saturated heterocycles. The van der Waals surface area contributed by atoms with Gasteiger partial charge in [-0.25, -0.2) is 4.98 Å². The number of aromatic nitrogens is 1. The highest BCUT2D eigenvalue weighted by atomic mass is 16.5. The second-order valence-corrected chi connectivity index (χ2v) is 6.71. The third-order valence-electron chi connectivity index (χ3n) is 4.68. The van der Waals surface area contributed by atoms with Crippen LogP contribution in [0.1, 0.15) is 40.0 Å². The largest absolute Gasteiger partial charge is 0.465 e. The van der Waals surface area contributed by atoms with E-state index in [-0.39, 0.29) is 5.92 Å². The predicted octanol–water partition coefficient (Wildman–Crippen LogP) is 4.95. The van der Waals surface area contributed by atoms with Crippen molar-refractivity contribution < 1.29 is 13.6 Å². The summed E-state index contributed by atoms with van der Waals surface area (Å²) in [6, 6.07) is 16.0. The van der Waals surface area contributed by atoms with E-state index in [0.29, 0.717) is 23.8 Å². The van der Waals surface area contributed by atoms with E-state index in [1.165, 1.54) is 0 Å². The highest BCUT2D eigenvalue weighted by molar-refractivity contribution is 5.92. The quantitative estimate of drug-likeness (QED) is 0.544. The number of aryl methyl sites for hydroxylation is 2. The fourth-order valence-electron chi connectivity index (χ4n) is 3.54. The van der Waals surface area contributed by atoms with Gasteiger partial charge in [0.25, 0.3) is 0 Å². The van der Waals surface area contributed by atoms with Gasteiger partial charge >= 0.3 is 0 Å². The molecule has 0 bridgehead atoms. The smallest absolute Gasteiger partial charge is 0.229 e. The first-order valence-corrected chi connectivity index (χ1v) is 8.87. The number of hydrogen-bond donors (Lipinski definition) is 1. The maximum atomic E-state index is 6.57. The molecule has 5 heteroatoms. The van der Waals surface area contributed by atoms with Crippen molar-refractivity contribution in [3.8, 4) is 0 Å². The maximum absolute atomic E-state index is 6.57. The van der Waals surface area contributed by atoms with E-state index < -0.39 is 0 Å². The molecule has 1 atom stereocenters. The normalized spacial score (nSPS) is 12.6. The lowest BCUT2D eigenvalue weighted by atomic mass is 9.92. The average molecular weight is 362 g/mol. The van der Waals surface area contributed by atoms with Crippen LogP contribution in [-0.4, -0.2) is 12.1 Å². The van der Waals surface area contributed by atoms with E-state index in [9.17, 15) is 0 Å². The lowest BCUT2D eigenvalue weighted by Gasteiger charge is -2.13. The Morgan fingerprint density at radius 1 is 1.07 bits per heavy atom. The molecule has 138 valence electrons. The molecule has 2 N–H and O–H groups in total. The number of furan rings is 2. The van der Waals surface area contributed by atoms with Gasteiger partial charge in [0.15, 0.2) is 0 Å². The van der Waals surface area contributed by atoms with Crippen LogP contribution in [0.4, 0.5) is 5.69 Å². The summed E-state index contributed by atoms with van der Waals surface area (Å²) in [5.41, 5.74) is 10.5. The molecular formula is C22H22N2O3. The summed E-state index contributed by atoms with van der Waals surface area (Å²) in [5, 5.41) is 0.807. The Balaban J connectivity index is 1.96. The second kappa shape index (κ2) is 6.93. The van der Waals surface area contributed by atoms with Gasteiger partial charge in [-0.1, -0.05) is 30.3 Å². The lowest BCUT2D eigenvalue weighted by Crippen LogP contribution is -2.04. The number of rotatable bonds is 5. The Morgan fingerprint density at radius 2 is 1.85 bits per heavy atom. The number of hydrogen-bond acceptors (Lipinski definition) is 5. The predicted molar refractivity (Wildman–Crippen MR) is 105 cm³/mol. The minimum absolute atomic E-state index is 0.246. The third-order valence-corrected chi connectivity index (χ3v) is 4.68. The first-order chi connectivity index (χ1) is 13.1. The van der Waals surface area contributed by atoms with E-state index in [1.807, 2.05) is 62.4 Å². The molecule has 1 unspecified atom stereocenters.